The molecule has 1 fully saturated rings. The molecule has 1 aliphatic rings. The molecule has 0 saturated carbocycles. The molecule has 82 valence electrons. The fourth-order valence-electron chi connectivity index (χ4n) is 1.98. The first-order valence-corrected chi connectivity index (χ1v) is 5.41. The summed E-state index contributed by atoms with van der Waals surface area (Å²) in [4.78, 5) is 0. The van der Waals surface area contributed by atoms with E-state index in [0.29, 0.717) is 5.75 Å². The van der Waals surface area contributed by atoms with Crippen LogP contribution in [0.3, 0.4) is 0 Å². The van der Waals surface area contributed by atoms with Crippen molar-refractivity contribution in [3.8, 4) is 5.75 Å². The molecule has 1 aliphatic heterocycles. The van der Waals surface area contributed by atoms with Crippen molar-refractivity contribution in [2.75, 3.05) is 6.61 Å². The average molecular weight is 207 g/mol. The number of phenols is 1. The van der Waals surface area contributed by atoms with Gasteiger partial charge in [0.05, 0.1) is 6.10 Å². The number of hydrogen-bond acceptors (Lipinski definition) is 3. The monoisotopic (exact) mass is 207 g/mol. The number of ether oxygens (including phenoxy) is 1. The minimum atomic E-state index is 0.0667. The van der Waals surface area contributed by atoms with Gasteiger partial charge in [-0.3, -0.25) is 0 Å². The summed E-state index contributed by atoms with van der Waals surface area (Å²) in [5, 5.41) is 9.15. The van der Waals surface area contributed by atoms with Gasteiger partial charge in [-0.1, -0.05) is 12.1 Å². The van der Waals surface area contributed by atoms with Gasteiger partial charge in [0.25, 0.3) is 0 Å². The summed E-state index contributed by atoms with van der Waals surface area (Å²) >= 11 is 0. The van der Waals surface area contributed by atoms with E-state index in [1.165, 1.54) is 0 Å². The van der Waals surface area contributed by atoms with Crippen LogP contribution in [0.15, 0.2) is 24.3 Å². The van der Waals surface area contributed by atoms with Gasteiger partial charge >= 0.3 is 0 Å². The number of nitrogens with two attached hydrogens (primary N) is 1. The van der Waals surface area contributed by atoms with Crippen molar-refractivity contribution >= 4 is 0 Å². The molecule has 2 unspecified atom stereocenters. The SMILES string of the molecule is NC(Cc1ccc(O)cc1)C1CCCO1. The summed E-state index contributed by atoms with van der Waals surface area (Å²) in [5.41, 5.74) is 7.21. The van der Waals surface area contributed by atoms with Crippen LogP contribution in [-0.4, -0.2) is 23.9 Å². The highest BCUT2D eigenvalue weighted by Crippen LogP contribution is 2.18. The summed E-state index contributed by atoms with van der Waals surface area (Å²) in [5.74, 6) is 0.296. The van der Waals surface area contributed by atoms with Gasteiger partial charge in [-0.05, 0) is 37.0 Å². The fourth-order valence-corrected chi connectivity index (χ4v) is 1.98. The minimum absolute atomic E-state index is 0.0667. The summed E-state index contributed by atoms with van der Waals surface area (Å²) in [6.45, 7) is 0.841. The first-order chi connectivity index (χ1) is 7.25. The van der Waals surface area contributed by atoms with Crippen LogP contribution in [0.25, 0.3) is 0 Å². The molecule has 0 spiro atoms. The van der Waals surface area contributed by atoms with Crippen LogP contribution in [0.5, 0.6) is 5.75 Å². The van der Waals surface area contributed by atoms with Gasteiger partial charge in [-0.25, -0.2) is 0 Å². The van der Waals surface area contributed by atoms with Crippen LogP contribution in [0, 0.1) is 0 Å². The summed E-state index contributed by atoms with van der Waals surface area (Å²) in [6, 6.07) is 7.26. The zero-order valence-electron chi connectivity index (χ0n) is 8.73. The maximum atomic E-state index is 9.15. The summed E-state index contributed by atoms with van der Waals surface area (Å²) in [6.07, 6.45) is 3.21. The second-order valence-corrected chi connectivity index (χ2v) is 4.09. The highest BCUT2D eigenvalue weighted by molar-refractivity contribution is 5.26. The van der Waals surface area contributed by atoms with E-state index in [4.69, 9.17) is 15.6 Å². The average Bonchev–Trinajstić information content (AvgIpc) is 2.74. The number of benzene rings is 1. The number of rotatable bonds is 3. The highest BCUT2D eigenvalue weighted by Gasteiger charge is 2.22. The Morgan fingerprint density at radius 3 is 2.73 bits per heavy atom. The maximum absolute atomic E-state index is 9.15. The largest absolute Gasteiger partial charge is 0.508 e. The van der Waals surface area contributed by atoms with Crippen molar-refractivity contribution in [1.29, 1.82) is 0 Å². The van der Waals surface area contributed by atoms with E-state index in [1.807, 2.05) is 12.1 Å². The van der Waals surface area contributed by atoms with E-state index in [1.54, 1.807) is 12.1 Å². The molecule has 3 nitrogen and oxygen atoms in total. The lowest BCUT2D eigenvalue weighted by Gasteiger charge is -2.18. The maximum Gasteiger partial charge on any atom is 0.115 e. The standard InChI is InChI=1S/C12H17NO2/c13-11(12-2-1-7-15-12)8-9-3-5-10(14)6-4-9/h3-6,11-12,14H,1-2,7-8,13H2. The van der Waals surface area contributed by atoms with E-state index in [2.05, 4.69) is 0 Å². The Balaban J connectivity index is 1.92. The molecule has 1 saturated heterocycles. The zero-order valence-corrected chi connectivity index (χ0v) is 8.73. The van der Waals surface area contributed by atoms with Gasteiger partial charge in [-0.2, -0.15) is 0 Å². The smallest absolute Gasteiger partial charge is 0.115 e. The van der Waals surface area contributed by atoms with Gasteiger partial charge in [0.2, 0.25) is 0 Å². The Morgan fingerprint density at radius 1 is 1.40 bits per heavy atom. The molecule has 1 aromatic carbocycles. The van der Waals surface area contributed by atoms with Crippen LogP contribution in [0.1, 0.15) is 18.4 Å². The van der Waals surface area contributed by atoms with Gasteiger partial charge < -0.3 is 15.6 Å². The van der Waals surface area contributed by atoms with Gasteiger partial charge in [0.15, 0.2) is 0 Å². The van der Waals surface area contributed by atoms with Crippen LogP contribution < -0.4 is 5.73 Å². The molecule has 0 aromatic heterocycles. The predicted octanol–water partition coefficient (Wildman–Crippen LogP) is 1.44. The predicted molar refractivity (Wildman–Crippen MR) is 58.8 cm³/mol. The van der Waals surface area contributed by atoms with Crippen molar-refractivity contribution < 1.29 is 9.84 Å². The van der Waals surface area contributed by atoms with E-state index in [9.17, 15) is 0 Å². The second-order valence-electron chi connectivity index (χ2n) is 4.09. The number of hydrogen-bond donors (Lipinski definition) is 2. The number of aromatic hydroxyl groups is 1. The third kappa shape index (κ3) is 2.70. The molecule has 15 heavy (non-hydrogen) atoms. The molecule has 3 N–H and O–H groups in total. The third-order valence-corrected chi connectivity index (χ3v) is 2.85. The summed E-state index contributed by atoms with van der Waals surface area (Å²) in [7, 11) is 0. The van der Waals surface area contributed by atoms with Gasteiger partial charge in [-0.15, -0.1) is 0 Å². The highest BCUT2D eigenvalue weighted by atomic mass is 16.5. The first kappa shape index (κ1) is 10.5. The van der Waals surface area contributed by atoms with Crippen molar-refractivity contribution in [2.24, 2.45) is 5.73 Å². The quantitative estimate of drug-likeness (QED) is 0.788. The van der Waals surface area contributed by atoms with Crippen LogP contribution in [0.4, 0.5) is 0 Å². The van der Waals surface area contributed by atoms with Crippen molar-refractivity contribution in [3.05, 3.63) is 29.8 Å². The molecular formula is C12H17NO2. The molecular weight excluding hydrogens is 190 g/mol. The first-order valence-electron chi connectivity index (χ1n) is 5.41. The Hall–Kier alpha value is -1.06. The van der Waals surface area contributed by atoms with E-state index in [-0.39, 0.29) is 12.1 Å². The van der Waals surface area contributed by atoms with E-state index < -0.39 is 0 Å². The Bertz CT molecular complexity index is 304. The molecule has 2 atom stereocenters. The van der Waals surface area contributed by atoms with Crippen molar-refractivity contribution in [1.82, 2.24) is 0 Å². The van der Waals surface area contributed by atoms with Crippen LogP contribution in [0.2, 0.25) is 0 Å². The lowest BCUT2D eigenvalue weighted by atomic mass is 10.0. The topological polar surface area (TPSA) is 55.5 Å². The second kappa shape index (κ2) is 4.64. The van der Waals surface area contributed by atoms with Crippen molar-refractivity contribution in [2.45, 2.75) is 31.4 Å². The van der Waals surface area contributed by atoms with Crippen LogP contribution >= 0.6 is 0 Å². The molecule has 1 heterocycles. The molecule has 3 heteroatoms. The lowest BCUT2D eigenvalue weighted by Crippen LogP contribution is -2.36. The molecule has 0 aliphatic carbocycles. The Labute approximate surface area is 89.9 Å². The van der Waals surface area contributed by atoms with Crippen LogP contribution in [-0.2, 0) is 11.2 Å². The zero-order chi connectivity index (χ0) is 10.7. The van der Waals surface area contributed by atoms with E-state index in [0.717, 1.165) is 31.4 Å². The molecule has 0 bridgehead atoms. The van der Waals surface area contributed by atoms with Gasteiger partial charge in [0, 0.05) is 12.6 Å². The minimum Gasteiger partial charge on any atom is -0.508 e. The Morgan fingerprint density at radius 2 is 2.13 bits per heavy atom. The molecule has 2 rings (SSSR count). The molecule has 0 radical (unpaired) electrons. The normalized spacial score (nSPS) is 22.9. The summed E-state index contributed by atoms with van der Waals surface area (Å²) < 4.78 is 5.54. The van der Waals surface area contributed by atoms with Crippen molar-refractivity contribution in [3.63, 3.8) is 0 Å². The number of phenolic OH excluding ortho intramolecular Hbond substituents is 1. The van der Waals surface area contributed by atoms with Gasteiger partial charge in [0.1, 0.15) is 5.75 Å². The van der Waals surface area contributed by atoms with E-state index >= 15 is 0 Å². The molecule has 1 aromatic rings. The fraction of sp³-hybridized carbons (Fsp3) is 0.500. The Kier molecular flexibility index (Phi) is 3.23. The third-order valence-electron chi connectivity index (χ3n) is 2.85. The lowest BCUT2D eigenvalue weighted by molar-refractivity contribution is 0.0900. The molecule has 0 amide bonds.